The van der Waals surface area contributed by atoms with Crippen LogP contribution in [0.1, 0.15) is 38.8 Å². The van der Waals surface area contributed by atoms with Crippen molar-refractivity contribution in [3.8, 4) is 0 Å². The van der Waals surface area contributed by atoms with Crippen molar-refractivity contribution in [3.05, 3.63) is 18.0 Å². The predicted molar refractivity (Wildman–Crippen MR) is 79.6 cm³/mol. The number of rotatable bonds is 5. The van der Waals surface area contributed by atoms with E-state index in [0.29, 0.717) is 12.5 Å². The van der Waals surface area contributed by atoms with Crippen LogP contribution in [0.15, 0.2) is 12.3 Å². The predicted octanol–water partition coefficient (Wildman–Crippen LogP) is 1.76. The van der Waals surface area contributed by atoms with Gasteiger partial charge in [-0.3, -0.25) is 14.9 Å². The number of hydrogen-bond acceptors (Lipinski definition) is 4. The standard InChI is InChI=1S/C15H22N4O2/c1-4-12(5-2)19-9-11(8-13(19)20)14(21)18-15-16-7-6-10(3)17-15/h6-7,11-12H,4-5,8-9H2,1-3H3,(H,16,17,18,21)/t11-/m1/s1. The van der Waals surface area contributed by atoms with Gasteiger partial charge in [-0.25, -0.2) is 9.97 Å². The van der Waals surface area contributed by atoms with E-state index >= 15 is 0 Å². The maximum atomic E-state index is 12.2. The SMILES string of the molecule is CCC(CC)N1C[C@H](C(=O)Nc2nccc(C)n2)CC1=O. The van der Waals surface area contributed by atoms with Gasteiger partial charge in [-0.1, -0.05) is 13.8 Å². The van der Waals surface area contributed by atoms with E-state index in [2.05, 4.69) is 29.1 Å². The van der Waals surface area contributed by atoms with Crippen LogP contribution in [0.25, 0.3) is 0 Å². The number of amides is 2. The minimum Gasteiger partial charge on any atom is -0.339 e. The Morgan fingerprint density at radius 3 is 2.81 bits per heavy atom. The average Bonchev–Trinajstić information content (AvgIpc) is 2.83. The first-order chi connectivity index (χ1) is 10.0. The maximum Gasteiger partial charge on any atom is 0.232 e. The van der Waals surface area contributed by atoms with Gasteiger partial charge in [0.1, 0.15) is 0 Å². The summed E-state index contributed by atoms with van der Waals surface area (Å²) in [5.41, 5.74) is 0.793. The van der Waals surface area contributed by atoms with E-state index in [1.807, 2.05) is 11.8 Å². The molecule has 6 nitrogen and oxygen atoms in total. The van der Waals surface area contributed by atoms with Gasteiger partial charge in [-0.15, -0.1) is 0 Å². The van der Waals surface area contributed by atoms with Crippen molar-refractivity contribution in [2.45, 2.75) is 46.1 Å². The summed E-state index contributed by atoms with van der Waals surface area (Å²) in [6.45, 7) is 6.46. The molecular weight excluding hydrogens is 268 g/mol. The lowest BCUT2D eigenvalue weighted by molar-refractivity contribution is -0.130. The molecule has 21 heavy (non-hydrogen) atoms. The molecule has 1 aromatic rings. The molecule has 0 saturated carbocycles. The largest absolute Gasteiger partial charge is 0.339 e. The Morgan fingerprint density at radius 1 is 1.48 bits per heavy atom. The maximum absolute atomic E-state index is 12.2. The quantitative estimate of drug-likeness (QED) is 0.896. The zero-order valence-corrected chi connectivity index (χ0v) is 12.8. The monoisotopic (exact) mass is 290 g/mol. The molecule has 0 aliphatic carbocycles. The normalized spacial score (nSPS) is 18.4. The molecule has 114 valence electrons. The molecule has 2 heterocycles. The van der Waals surface area contributed by atoms with E-state index in [1.165, 1.54) is 0 Å². The Labute approximate surface area is 125 Å². The van der Waals surface area contributed by atoms with Crippen LogP contribution in [0.3, 0.4) is 0 Å². The van der Waals surface area contributed by atoms with Crippen molar-refractivity contribution in [1.29, 1.82) is 0 Å². The number of hydrogen-bond donors (Lipinski definition) is 1. The summed E-state index contributed by atoms with van der Waals surface area (Å²) >= 11 is 0. The zero-order valence-electron chi connectivity index (χ0n) is 12.8. The summed E-state index contributed by atoms with van der Waals surface area (Å²) in [5, 5.41) is 2.70. The van der Waals surface area contributed by atoms with Crippen LogP contribution in [-0.4, -0.2) is 39.3 Å². The number of carbonyl (C=O) groups is 2. The van der Waals surface area contributed by atoms with Crippen molar-refractivity contribution in [2.75, 3.05) is 11.9 Å². The molecule has 1 atom stereocenters. The van der Waals surface area contributed by atoms with Gasteiger partial charge in [0, 0.05) is 30.9 Å². The third kappa shape index (κ3) is 3.56. The van der Waals surface area contributed by atoms with E-state index < -0.39 is 0 Å². The van der Waals surface area contributed by atoms with Crippen LogP contribution < -0.4 is 5.32 Å². The Morgan fingerprint density at radius 2 is 2.19 bits per heavy atom. The van der Waals surface area contributed by atoms with Crippen molar-refractivity contribution in [3.63, 3.8) is 0 Å². The minimum absolute atomic E-state index is 0.0639. The first-order valence-corrected chi connectivity index (χ1v) is 7.45. The average molecular weight is 290 g/mol. The summed E-state index contributed by atoms with van der Waals surface area (Å²) in [4.78, 5) is 34.3. The van der Waals surface area contributed by atoms with E-state index in [-0.39, 0.29) is 30.2 Å². The molecule has 1 aliphatic heterocycles. The van der Waals surface area contributed by atoms with E-state index in [0.717, 1.165) is 18.5 Å². The van der Waals surface area contributed by atoms with Crippen molar-refractivity contribution in [2.24, 2.45) is 5.92 Å². The first-order valence-electron chi connectivity index (χ1n) is 7.45. The Bertz CT molecular complexity index is 528. The van der Waals surface area contributed by atoms with Gasteiger partial charge >= 0.3 is 0 Å². The van der Waals surface area contributed by atoms with Crippen LogP contribution in [0.4, 0.5) is 5.95 Å². The van der Waals surface area contributed by atoms with E-state index in [1.54, 1.807) is 12.3 Å². The molecule has 1 aliphatic rings. The molecule has 1 fully saturated rings. The molecule has 1 N–H and O–H groups in total. The lowest BCUT2D eigenvalue weighted by Gasteiger charge is -2.25. The van der Waals surface area contributed by atoms with Crippen LogP contribution in [0.5, 0.6) is 0 Å². The highest BCUT2D eigenvalue weighted by Crippen LogP contribution is 2.23. The zero-order chi connectivity index (χ0) is 15.4. The van der Waals surface area contributed by atoms with Crippen LogP contribution in [0.2, 0.25) is 0 Å². The van der Waals surface area contributed by atoms with Gasteiger partial charge in [-0.05, 0) is 25.8 Å². The molecular formula is C15H22N4O2. The molecule has 0 bridgehead atoms. The van der Waals surface area contributed by atoms with Crippen molar-refractivity contribution >= 4 is 17.8 Å². The van der Waals surface area contributed by atoms with E-state index in [9.17, 15) is 9.59 Å². The second-order valence-corrected chi connectivity index (χ2v) is 5.43. The van der Waals surface area contributed by atoms with Gasteiger partial charge in [0.25, 0.3) is 0 Å². The first kappa shape index (κ1) is 15.4. The lowest BCUT2D eigenvalue weighted by Crippen LogP contribution is -2.36. The summed E-state index contributed by atoms with van der Waals surface area (Å²) in [6, 6.07) is 1.99. The van der Waals surface area contributed by atoms with Gasteiger partial charge in [0.15, 0.2) is 0 Å². The summed E-state index contributed by atoms with van der Waals surface area (Å²) < 4.78 is 0. The molecule has 6 heteroatoms. The van der Waals surface area contributed by atoms with Gasteiger partial charge in [0.2, 0.25) is 17.8 Å². The van der Waals surface area contributed by atoms with Gasteiger partial charge < -0.3 is 4.90 Å². The van der Waals surface area contributed by atoms with Crippen LogP contribution in [0, 0.1) is 12.8 Å². The van der Waals surface area contributed by atoms with Gasteiger partial charge in [-0.2, -0.15) is 0 Å². The smallest absolute Gasteiger partial charge is 0.232 e. The second kappa shape index (κ2) is 6.65. The van der Waals surface area contributed by atoms with E-state index in [4.69, 9.17) is 0 Å². The molecule has 0 radical (unpaired) electrons. The summed E-state index contributed by atoms with van der Waals surface area (Å²) in [6.07, 6.45) is 3.71. The molecule has 2 amide bonds. The fourth-order valence-corrected chi connectivity index (χ4v) is 2.71. The highest BCUT2D eigenvalue weighted by atomic mass is 16.2. The number of aryl methyl sites for hydroxylation is 1. The minimum atomic E-state index is -0.317. The molecule has 1 aromatic heterocycles. The topological polar surface area (TPSA) is 75.2 Å². The number of carbonyl (C=O) groups excluding carboxylic acids is 2. The van der Waals surface area contributed by atoms with Crippen molar-refractivity contribution < 1.29 is 9.59 Å². The highest BCUT2D eigenvalue weighted by molar-refractivity contribution is 5.96. The molecule has 0 unspecified atom stereocenters. The highest BCUT2D eigenvalue weighted by Gasteiger charge is 2.37. The molecule has 1 saturated heterocycles. The fraction of sp³-hybridized carbons (Fsp3) is 0.600. The van der Waals surface area contributed by atoms with Gasteiger partial charge in [0.05, 0.1) is 5.92 Å². The Balaban J connectivity index is 2.00. The molecule has 2 rings (SSSR count). The van der Waals surface area contributed by atoms with Crippen LogP contribution >= 0.6 is 0 Å². The van der Waals surface area contributed by atoms with Crippen LogP contribution in [-0.2, 0) is 9.59 Å². The number of nitrogens with one attached hydrogen (secondary N) is 1. The lowest BCUT2D eigenvalue weighted by atomic mass is 10.1. The summed E-state index contributed by atoms with van der Waals surface area (Å²) in [7, 11) is 0. The van der Waals surface area contributed by atoms with Crippen molar-refractivity contribution in [1.82, 2.24) is 14.9 Å². The fourth-order valence-electron chi connectivity index (χ4n) is 2.71. The third-order valence-corrected chi connectivity index (χ3v) is 3.94. The Hall–Kier alpha value is -1.98. The number of aromatic nitrogens is 2. The number of nitrogens with zero attached hydrogens (tertiary/aromatic N) is 3. The Kier molecular flexibility index (Phi) is 4.88. The second-order valence-electron chi connectivity index (χ2n) is 5.43. The number of likely N-dealkylation sites (tertiary alicyclic amines) is 1. The molecule has 0 aromatic carbocycles. The number of anilines is 1. The third-order valence-electron chi connectivity index (χ3n) is 3.94. The molecule has 0 spiro atoms. The summed E-state index contributed by atoms with van der Waals surface area (Å²) in [5.74, 6) is -0.132.